The third kappa shape index (κ3) is 10.7. The molecule has 0 fully saturated rings. The Labute approximate surface area is 119 Å². The van der Waals surface area contributed by atoms with Crippen molar-refractivity contribution in [3.8, 4) is 0 Å². The molecule has 0 heterocycles. The molecule has 2 amide bonds. The van der Waals surface area contributed by atoms with E-state index in [9.17, 15) is 9.59 Å². The van der Waals surface area contributed by atoms with Crippen molar-refractivity contribution in [2.24, 2.45) is 0 Å². The van der Waals surface area contributed by atoms with Crippen LogP contribution in [0.3, 0.4) is 0 Å². The van der Waals surface area contributed by atoms with Crippen LogP contribution in [0.15, 0.2) is 0 Å². The van der Waals surface area contributed by atoms with Crippen molar-refractivity contribution in [3.05, 3.63) is 0 Å². The van der Waals surface area contributed by atoms with Gasteiger partial charge in [0, 0.05) is 6.54 Å². The van der Waals surface area contributed by atoms with Gasteiger partial charge in [-0.25, -0.2) is 9.59 Å². The molecule has 0 aromatic rings. The van der Waals surface area contributed by atoms with Gasteiger partial charge in [-0.2, -0.15) is 11.8 Å². The summed E-state index contributed by atoms with van der Waals surface area (Å²) in [6.07, 6.45) is 7.44. The van der Waals surface area contributed by atoms with Crippen LogP contribution in [0.2, 0.25) is 0 Å². The lowest BCUT2D eigenvalue weighted by molar-refractivity contribution is -0.139. The van der Waals surface area contributed by atoms with Crippen molar-refractivity contribution >= 4 is 23.8 Å². The number of carboxylic acids is 1. The van der Waals surface area contributed by atoms with Crippen LogP contribution in [0.5, 0.6) is 0 Å². The Hall–Kier alpha value is -0.910. The number of aliphatic carboxylic acids is 1. The molecule has 3 N–H and O–H groups in total. The second-order valence-electron chi connectivity index (χ2n) is 4.49. The number of urea groups is 1. The van der Waals surface area contributed by atoms with Gasteiger partial charge >= 0.3 is 12.0 Å². The van der Waals surface area contributed by atoms with E-state index >= 15 is 0 Å². The highest BCUT2D eigenvalue weighted by atomic mass is 32.2. The Morgan fingerprint density at radius 2 is 1.95 bits per heavy atom. The lowest BCUT2D eigenvalue weighted by Gasteiger charge is -2.14. The Morgan fingerprint density at radius 1 is 1.21 bits per heavy atom. The van der Waals surface area contributed by atoms with E-state index < -0.39 is 12.0 Å². The largest absolute Gasteiger partial charge is 0.480 e. The number of rotatable bonds is 11. The smallest absolute Gasteiger partial charge is 0.326 e. The number of hydrogen-bond donors (Lipinski definition) is 3. The summed E-state index contributed by atoms with van der Waals surface area (Å²) in [6.45, 7) is 2.59. The van der Waals surface area contributed by atoms with E-state index in [-0.39, 0.29) is 6.03 Å². The summed E-state index contributed by atoms with van der Waals surface area (Å²) >= 11 is 1.82. The summed E-state index contributed by atoms with van der Waals surface area (Å²) in [4.78, 5) is 22.5. The van der Waals surface area contributed by atoms with Gasteiger partial charge < -0.3 is 15.7 Å². The van der Waals surface area contributed by atoms with E-state index in [1.165, 1.54) is 0 Å². The Morgan fingerprint density at radius 3 is 2.53 bits per heavy atom. The number of carboxylic acid groups (broad SMARTS) is 1. The minimum absolute atomic E-state index is 0.381. The van der Waals surface area contributed by atoms with Crippen molar-refractivity contribution in [2.75, 3.05) is 18.6 Å². The van der Waals surface area contributed by atoms with Crippen LogP contribution >= 0.6 is 11.8 Å². The molecule has 0 aromatic carbocycles. The molecule has 0 aliphatic rings. The molecule has 6 heteroatoms. The average Bonchev–Trinajstić information content (AvgIpc) is 2.38. The molecule has 0 radical (unpaired) electrons. The number of amides is 2. The zero-order valence-corrected chi connectivity index (χ0v) is 12.7. The lowest BCUT2D eigenvalue weighted by atomic mass is 10.1. The van der Waals surface area contributed by atoms with E-state index in [4.69, 9.17) is 5.11 Å². The van der Waals surface area contributed by atoms with E-state index in [0.29, 0.717) is 13.0 Å². The van der Waals surface area contributed by atoms with Gasteiger partial charge in [0.2, 0.25) is 0 Å². The standard InChI is InChI=1S/C13H26N2O3S/c1-3-4-8-11(12(16)17)15-13(18)14-9-6-5-7-10-19-2/h11H,3-10H2,1-2H3,(H,16,17)(H2,14,15,18)/t11-/m0/s1. The zero-order valence-electron chi connectivity index (χ0n) is 11.9. The predicted octanol–water partition coefficient (Wildman–Crippen LogP) is 2.46. The van der Waals surface area contributed by atoms with Crippen molar-refractivity contribution in [2.45, 2.75) is 51.5 Å². The van der Waals surface area contributed by atoms with Gasteiger partial charge in [0.05, 0.1) is 0 Å². The number of carbonyl (C=O) groups is 2. The highest BCUT2D eigenvalue weighted by Crippen LogP contribution is 2.02. The van der Waals surface area contributed by atoms with E-state index in [0.717, 1.165) is 37.9 Å². The second-order valence-corrected chi connectivity index (χ2v) is 5.47. The molecule has 0 bridgehead atoms. The zero-order chi connectivity index (χ0) is 14.5. The summed E-state index contributed by atoms with van der Waals surface area (Å²) < 4.78 is 0. The third-order valence-corrected chi connectivity index (χ3v) is 3.46. The van der Waals surface area contributed by atoms with Crippen LogP contribution < -0.4 is 10.6 Å². The van der Waals surface area contributed by atoms with Crippen LogP contribution in [0, 0.1) is 0 Å². The van der Waals surface area contributed by atoms with Gasteiger partial charge in [0.25, 0.3) is 0 Å². The fraction of sp³-hybridized carbons (Fsp3) is 0.846. The van der Waals surface area contributed by atoms with Crippen LogP contribution in [-0.2, 0) is 4.79 Å². The first kappa shape index (κ1) is 18.1. The fourth-order valence-corrected chi connectivity index (χ4v) is 2.12. The van der Waals surface area contributed by atoms with Crippen molar-refractivity contribution in [3.63, 3.8) is 0 Å². The minimum Gasteiger partial charge on any atom is -0.480 e. The molecular formula is C13H26N2O3S. The molecule has 1 atom stereocenters. The number of hydrogen-bond acceptors (Lipinski definition) is 3. The molecule has 5 nitrogen and oxygen atoms in total. The highest BCUT2D eigenvalue weighted by molar-refractivity contribution is 7.98. The third-order valence-electron chi connectivity index (χ3n) is 2.76. The molecular weight excluding hydrogens is 264 g/mol. The molecule has 0 aliphatic heterocycles. The van der Waals surface area contributed by atoms with Crippen LogP contribution in [0.25, 0.3) is 0 Å². The molecule has 0 rings (SSSR count). The summed E-state index contributed by atoms with van der Waals surface area (Å²) in [5.74, 6) is 0.174. The monoisotopic (exact) mass is 290 g/mol. The molecule has 0 aliphatic carbocycles. The Kier molecular flexibility index (Phi) is 11.6. The highest BCUT2D eigenvalue weighted by Gasteiger charge is 2.18. The fourth-order valence-electron chi connectivity index (χ4n) is 1.63. The Bertz CT molecular complexity index is 262. The summed E-state index contributed by atoms with van der Waals surface area (Å²) in [7, 11) is 0. The van der Waals surface area contributed by atoms with Crippen molar-refractivity contribution in [1.29, 1.82) is 0 Å². The summed E-state index contributed by atoms with van der Waals surface area (Å²) in [5.41, 5.74) is 0. The summed E-state index contributed by atoms with van der Waals surface area (Å²) in [5, 5.41) is 14.2. The maximum atomic E-state index is 11.5. The molecule has 0 unspecified atom stereocenters. The SMILES string of the molecule is CCCC[C@H](NC(=O)NCCCCCSC)C(=O)O. The van der Waals surface area contributed by atoms with Crippen LogP contribution in [0.1, 0.15) is 45.4 Å². The van der Waals surface area contributed by atoms with Gasteiger partial charge in [-0.15, -0.1) is 0 Å². The maximum absolute atomic E-state index is 11.5. The van der Waals surface area contributed by atoms with Gasteiger partial charge in [-0.1, -0.05) is 26.2 Å². The number of carbonyl (C=O) groups excluding carboxylic acids is 1. The first-order valence-corrected chi connectivity index (χ1v) is 8.27. The van der Waals surface area contributed by atoms with Gasteiger partial charge in [-0.05, 0) is 31.3 Å². The van der Waals surface area contributed by atoms with Gasteiger partial charge in [0.1, 0.15) is 6.04 Å². The molecule has 19 heavy (non-hydrogen) atoms. The first-order valence-electron chi connectivity index (χ1n) is 6.88. The number of nitrogens with one attached hydrogen (secondary N) is 2. The maximum Gasteiger partial charge on any atom is 0.326 e. The normalized spacial score (nSPS) is 11.9. The number of thioether (sulfide) groups is 1. The van der Waals surface area contributed by atoms with E-state index in [2.05, 4.69) is 16.9 Å². The molecule has 0 spiro atoms. The first-order chi connectivity index (χ1) is 9.11. The van der Waals surface area contributed by atoms with Gasteiger partial charge in [-0.3, -0.25) is 0 Å². The molecule has 0 saturated heterocycles. The van der Waals surface area contributed by atoms with Gasteiger partial charge in [0.15, 0.2) is 0 Å². The Balaban J connectivity index is 3.71. The van der Waals surface area contributed by atoms with Crippen LogP contribution in [0.4, 0.5) is 4.79 Å². The van der Waals surface area contributed by atoms with Crippen molar-refractivity contribution in [1.82, 2.24) is 10.6 Å². The van der Waals surface area contributed by atoms with Crippen LogP contribution in [-0.4, -0.2) is 41.7 Å². The summed E-state index contributed by atoms with van der Waals surface area (Å²) in [6, 6.07) is -1.16. The minimum atomic E-state index is -0.969. The molecule has 112 valence electrons. The number of unbranched alkanes of at least 4 members (excludes halogenated alkanes) is 3. The quantitative estimate of drug-likeness (QED) is 0.511. The topological polar surface area (TPSA) is 78.4 Å². The molecule has 0 aromatic heterocycles. The van der Waals surface area contributed by atoms with Crippen molar-refractivity contribution < 1.29 is 14.7 Å². The van der Waals surface area contributed by atoms with E-state index in [1.54, 1.807) is 0 Å². The molecule has 0 saturated carbocycles. The second kappa shape index (κ2) is 12.1. The lowest BCUT2D eigenvalue weighted by Crippen LogP contribution is -2.46. The predicted molar refractivity (Wildman–Crippen MR) is 79.7 cm³/mol. The van der Waals surface area contributed by atoms with E-state index in [1.807, 2.05) is 18.7 Å². The average molecular weight is 290 g/mol.